The number of hydrogen-bond acceptors (Lipinski definition) is 5. The van der Waals surface area contributed by atoms with Gasteiger partial charge in [-0.25, -0.2) is 4.98 Å². The Kier molecular flexibility index (Phi) is 6.56. The number of piperidine rings is 1. The van der Waals surface area contributed by atoms with Crippen molar-refractivity contribution < 1.29 is 9.53 Å². The molecule has 3 aliphatic carbocycles. The Morgan fingerprint density at radius 3 is 2.47 bits per heavy atom. The number of ether oxygens (including phenoxy) is 1. The van der Waals surface area contributed by atoms with Gasteiger partial charge in [-0.1, -0.05) is 18.2 Å². The maximum absolute atomic E-state index is 13.7. The van der Waals surface area contributed by atoms with Crippen molar-refractivity contribution in [2.75, 3.05) is 13.7 Å². The summed E-state index contributed by atoms with van der Waals surface area (Å²) < 4.78 is 10.6. The fourth-order valence-corrected chi connectivity index (χ4v) is 8.47. The van der Waals surface area contributed by atoms with Crippen LogP contribution in [0.25, 0.3) is 33.5 Å². The van der Waals surface area contributed by atoms with Crippen LogP contribution < -0.4 is 16.2 Å². The van der Waals surface area contributed by atoms with E-state index < -0.39 is 0 Å². The minimum Gasteiger partial charge on any atom is -0.494 e. The molecule has 2 aromatic carbocycles. The van der Waals surface area contributed by atoms with Crippen LogP contribution >= 0.6 is 0 Å². The molecule has 1 saturated heterocycles. The molecule has 4 N–H and O–H groups in total. The zero-order valence-corrected chi connectivity index (χ0v) is 25.5. The highest BCUT2D eigenvalue weighted by Gasteiger charge is 2.47. The quantitative estimate of drug-likeness (QED) is 0.311. The van der Waals surface area contributed by atoms with Crippen molar-refractivity contribution in [2.24, 2.45) is 36.3 Å². The fourth-order valence-electron chi connectivity index (χ4n) is 8.47. The minimum absolute atomic E-state index is 0.0335. The van der Waals surface area contributed by atoms with Crippen LogP contribution in [0.5, 0.6) is 5.75 Å². The van der Waals surface area contributed by atoms with Crippen molar-refractivity contribution in [1.82, 2.24) is 19.0 Å². The van der Waals surface area contributed by atoms with Gasteiger partial charge < -0.3 is 30.2 Å². The van der Waals surface area contributed by atoms with Gasteiger partial charge in [0.1, 0.15) is 11.3 Å². The molecule has 3 atom stereocenters. The van der Waals surface area contributed by atoms with E-state index >= 15 is 0 Å². The van der Waals surface area contributed by atoms with E-state index in [9.17, 15) is 4.79 Å². The first-order valence-corrected chi connectivity index (χ1v) is 16.4. The number of nitrogens with two attached hydrogens (primary N) is 2. The second-order valence-electron chi connectivity index (χ2n) is 13.9. The van der Waals surface area contributed by atoms with Crippen molar-refractivity contribution in [3.8, 4) is 17.3 Å². The van der Waals surface area contributed by atoms with Gasteiger partial charge in [0.15, 0.2) is 5.82 Å². The number of hydrogen-bond donors (Lipinski definition) is 2. The smallest absolute Gasteiger partial charge is 0.254 e. The lowest BCUT2D eigenvalue weighted by Gasteiger charge is -2.27. The number of likely N-dealkylation sites (tertiary alicyclic amines) is 1. The number of carbonyl (C=O) groups is 1. The minimum atomic E-state index is 0.0335. The van der Waals surface area contributed by atoms with E-state index in [2.05, 4.69) is 40.4 Å². The third-order valence-corrected chi connectivity index (χ3v) is 11.1. The Balaban J connectivity index is 1.21. The van der Waals surface area contributed by atoms with Crippen LogP contribution in [0, 0.1) is 17.8 Å². The number of aryl methyl sites for hydroxylation is 1. The molecule has 3 saturated carbocycles. The molecule has 8 heteroatoms. The Labute approximate surface area is 253 Å². The lowest BCUT2D eigenvalue weighted by Crippen LogP contribution is -2.41. The molecule has 1 amide bonds. The van der Waals surface area contributed by atoms with Gasteiger partial charge in [0, 0.05) is 49.2 Å². The van der Waals surface area contributed by atoms with Crippen LogP contribution in [0.3, 0.4) is 0 Å². The summed E-state index contributed by atoms with van der Waals surface area (Å²) >= 11 is 0. The number of benzene rings is 2. The summed E-state index contributed by atoms with van der Waals surface area (Å²) in [5, 5.41) is 1.27. The van der Waals surface area contributed by atoms with Gasteiger partial charge in [-0.2, -0.15) is 0 Å². The standard InChI is InChI=1S/C35H44N6O2/c1-39-33-27(15-25(17-30(33)43-2)35(42)41-19-24-10-13-28(41)31(24)37)38-34(39)29-16-23-5-3-4-22(14-20-8-11-26(36)12-9-20)32(23)40(29)18-21-6-7-21/h3-5,15-17,20-21,24,26,28,31H,6-14,18-19,36-37H2,1-2H3/t20-,24-,26-,28-,31-/m1/s1. The van der Waals surface area contributed by atoms with E-state index in [1.807, 2.05) is 17.0 Å². The molecule has 43 heavy (non-hydrogen) atoms. The summed E-state index contributed by atoms with van der Waals surface area (Å²) in [5.41, 5.74) is 18.9. The Hall–Kier alpha value is -3.36. The summed E-state index contributed by atoms with van der Waals surface area (Å²) in [6.07, 6.45) is 10.5. The van der Waals surface area contributed by atoms with Crippen LogP contribution in [0.1, 0.15) is 67.3 Å². The molecular formula is C35H44N6O2. The SMILES string of the molecule is COc1cc(C(=O)N2C[C@H]3CC[C@@H]2[C@@H]3N)cc2nc(-c3cc4cccc(C[C@H]5CC[C@H](N)CC5)c4n3CC3CC3)n(C)c12. The molecule has 4 fully saturated rings. The van der Waals surface area contributed by atoms with Gasteiger partial charge in [0.25, 0.3) is 5.91 Å². The molecule has 2 bridgehead atoms. The third-order valence-electron chi connectivity index (χ3n) is 11.1. The maximum atomic E-state index is 13.7. The monoisotopic (exact) mass is 580 g/mol. The van der Waals surface area contributed by atoms with Gasteiger partial charge in [-0.3, -0.25) is 4.79 Å². The first-order valence-electron chi connectivity index (χ1n) is 16.4. The fraction of sp³-hybridized carbons (Fsp3) is 0.543. The first-order chi connectivity index (χ1) is 20.9. The maximum Gasteiger partial charge on any atom is 0.254 e. The number of fused-ring (bicyclic) bond motifs is 4. The Morgan fingerprint density at radius 2 is 1.77 bits per heavy atom. The van der Waals surface area contributed by atoms with Crippen molar-refractivity contribution >= 4 is 27.8 Å². The predicted molar refractivity (Wildman–Crippen MR) is 170 cm³/mol. The highest BCUT2D eigenvalue weighted by Crippen LogP contribution is 2.41. The van der Waals surface area contributed by atoms with E-state index in [0.29, 0.717) is 35.1 Å². The average Bonchev–Trinajstić information content (AvgIpc) is 3.40. The number of aromatic nitrogens is 3. The normalized spacial score (nSPS) is 27.1. The largest absolute Gasteiger partial charge is 0.494 e. The molecule has 4 aromatic rings. The summed E-state index contributed by atoms with van der Waals surface area (Å²) in [6, 6.07) is 13.5. The second-order valence-corrected chi connectivity index (χ2v) is 13.9. The molecule has 2 aromatic heterocycles. The molecule has 226 valence electrons. The zero-order chi connectivity index (χ0) is 29.4. The Morgan fingerprint density at radius 1 is 0.977 bits per heavy atom. The highest BCUT2D eigenvalue weighted by molar-refractivity contribution is 6.00. The van der Waals surface area contributed by atoms with Gasteiger partial charge in [-0.05, 0) is 99.3 Å². The molecule has 0 radical (unpaired) electrons. The predicted octanol–water partition coefficient (Wildman–Crippen LogP) is 5.24. The van der Waals surface area contributed by atoms with E-state index in [4.69, 9.17) is 21.2 Å². The zero-order valence-electron chi connectivity index (χ0n) is 25.5. The number of methoxy groups -OCH3 is 1. The van der Waals surface area contributed by atoms with Gasteiger partial charge in [0.2, 0.25) is 0 Å². The molecule has 1 aliphatic heterocycles. The number of imidazole rings is 1. The van der Waals surface area contributed by atoms with Crippen LogP contribution in [-0.4, -0.2) is 56.7 Å². The number of rotatable bonds is 7. The summed E-state index contributed by atoms with van der Waals surface area (Å²) in [7, 11) is 3.75. The highest BCUT2D eigenvalue weighted by atomic mass is 16.5. The van der Waals surface area contributed by atoms with Crippen molar-refractivity contribution in [1.29, 1.82) is 0 Å². The van der Waals surface area contributed by atoms with Gasteiger partial charge in [0.05, 0.1) is 23.8 Å². The number of para-hydroxylation sites is 1. The van der Waals surface area contributed by atoms with Crippen molar-refractivity contribution in [3.05, 3.63) is 47.5 Å². The average molecular weight is 581 g/mol. The molecule has 4 aliphatic rings. The number of nitrogens with zero attached hydrogens (tertiary/aromatic N) is 4. The topological polar surface area (TPSA) is 104 Å². The first kappa shape index (κ1) is 27.2. The number of amides is 1. The molecular weight excluding hydrogens is 536 g/mol. The van der Waals surface area contributed by atoms with E-state index in [0.717, 1.165) is 67.7 Å². The van der Waals surface area contributed by atoms with Crippen LogP contribution in [0.2, 0.25) is 0 Å². The summed E-state index contributed by atoms with van der Waals surface area (Å²) in [5.74, 6) is 3.43. The lowest BCUT2D eigenvalue weighted by molar-refractivity contribution is 0.0700. The van der Waals surface area contributed by atoms with Crippen molar-refractivity contribution in [2.45, 2.75) is 82.5 Å². The third kappa shape index (κ3) is 4.56. The second kappa shape index (κ2) is 10.4. The molecule has 0 unspecified atom stereocenters. The molecule has 0 spiro atoms. The van der Waals surface area contributed by atoms with Gasteiger partial charge >= 0.3 is 0 Å². The summed E-state index contributed by atoms with van der Waals surface area (Å²) in [6.45, 7) is 1.75. The molecule has 3 heterocycles. The number of carbonyl (C=O) groups excluding carboxylic acids is 1. The van der Waals surface area contributed by atoms with E-state index in [1.54, 1.807) is 7.11 Å². The molecule has 8 nitrogen and oxygen atoms in total. The lowest BCUT2D eigenvalue weighted by atomic mass is 9.82. The molecule has 8 rings (SSSR count). The van der Waals surface area contributed by atoms with E-state index in [1.165, 1.54) is 42.1 Å². The summed E-state index contributed by atoms with van der Waals surface area (Å²) in [4.78, 5) is 20.9. The van der Waals surface area contributed by atoms with Crippen LogP contribution in [-0.2, 0) is 20.0 Å². The van der Waals surface area contributed by atoms with Crippen LogP contribution in [0.15, 0.2) is 36.4 Å². The van der Waals surface area contributed by atoms with E-state index in [-0.39, 0.29) is 18.0 Å². The Bertz CT molecular complexity index is 1710. The van der Waals surface area contributed by atoms with Crippen LogP contribution in [0.4, 0.5) is 0 Å². The van der Waals surface area contributed by atoms with Gasteiger partial charge in [-0.15, -0.1) is 0 Å². The van der Waals surface area contributed by atoms with Crippen molar-refractivity contribution in [3.63, 3.8) is 0 Å².